The van der Waals surface area contributed by atoms with Crippen LogP contribution in [-0.2, 0) is 12.8 Å². The van der Waals surface area contributed by atoms with E-state index in [4.69, 9.17) is 0 Å². The van der Waals surface area contributed by atoms with Crippen LogP contribution in [0.2, 0.25) is 0 Å². The average Bonchev–Trinajstić information content (AvgIpc) is 2.51. The zero-order valence-electron chi connectivity index (χ0n) is 13.7. The van der Waals surface area contributed by atoms with Gasteiger partial charge in [0.05, 0.1) is 5.69 Å². The fourth-order valence-corrected chi connectivity index (χ4v) is 2.91. The third-order valence-corrected chi connectivity index (χ3v) is 3.97. The highest BCUT2D eigenvalue weighted by molar-refractivity contribution is 5.68. The topological polar surface area (TPSA) is 12.9 Å². The van der Waals surface area contributed by atoms with Gasteiger partial charge in [-0.2, -0.15) is 0 Å². The van der Waals surface area contributed by atoms with Gasteiger partial charge in [0.1, 0.15) is 0 Å². The smallest absolute Gasteiger partial charge is 0.0707 e. The number of aromatic nitrogens is 1. The molecular weight excluding hydrogens is 254 g/mol. The van der Waals surface area contributed by atoms with Crippen molar-refractivity contribution >= 4 is 0 Å². The van der Waals surface area contributed by atoms with Crippen LogP contribution in [0.5, 0.6) is 0 Å². The maximum absolute atomic E-state index is 4.62. The van der Waals surface area contributed by atoms with Crippen LogP contribution in [0.3, 0.4) is 0 Å². The molecule has 1 aromatic heterocycles. The molecule has 2 aromatic rings. The lowest BCUT2D eigenvalue weighted by atomic mass is 9.90. The number of pyridine rings is 1. The van der Waals surface area contributed by atoms with E-state index in [0.29, 0.717) is 0 Å². The molecule has 0 saturated heterocycles. The molecule has 112 valence electrons. The van der Waals surface area contributed by atoms with E-state index in [1.807, 2.05) is 12.3 Å². The molecule has 0 unspecified atom stereocenters. The highest BCUT2D eigenvalue weighted by Crippen LogP contribution is 2.30. The Bertz CT molecular complexity index is 528. The maximum Gasteiger partial charge on any atom is 0.0707 e. The minimum absolute atomic E-state index is 1.13. The summed E-state index contributed by atoms with van der Waals surface area (Å²) in [6.07, 6.45) is 9.18. The molecule has 0 radical (unpaired) electrons. The lowest BCUT2D eigenvalue weighted by molar-refractivity contribution is 0.781. The number of hydrogen-bond donors (Lipinski definition) is 0. The quantitative estimate of drug-likeness (QED) is 0.630. The van der Waals surface area contributed by atoms with Crippen LogP contribution in [0.4, 0.5) is 0 Å². The summed E-state index contributed by atoms with van der Waals surface area (Å²) in [5.41, 5.74) is 6.85. The second-order valence-corrected chi connectivity index (χ2v) is 5.88. The fraction of sp³-hybridized carbons (Fsp3) is 0.450. The van der Waals surface area contributed by atoms with E-state index in [9.17, 15) is 0 Å². The molecule has 1 heteroatoms. The second-order valence-electron chi connectivity index (χ2n) is 5.88. The van der Waals surface area contributed by atoms with Crippen molar-refractivity contribution in [2.24, 2.45) is 0 Å². The Balaban J connectivity index is 2.49. The van der Waals surface area contributed by atoms with Crippen LogP contribution < -0.4 is 0 Å². The Labute approximate surface area is 129 Å². The van der Waals surface area contributed by atoms with Crippen LogP contribution >= 0.6 is 0 Å². The van der Waals surface area contributed by atoms with Gasteiger partial charge in [0.2, 0.25) is 0 Å². The monoisotopic (exact) mass is 281 g/mol. The van der Waals surface area contributed by atoms with E-state index in [0.717, 1.165) is 18.5 Å². The molecule has 0 saturated carbocycles. The Morgan fingerprint density at radius 2 is 1.52 bits per heavy atom. The summed E-state index contributed by atoms with van der Waals surface area (Å²) in [7, 11) is 0. The molecule has 21 heavy (non-hydrogen) atoms. The van der Waals surface area contributed by atoms with Gasteiger partial charge in [0.15, 0.2) is 0 Å². The normalized spacial score (nSPS) is 10.8. The van der Waals surface area contributed by atoms with Gasteiger partial charge in [-0.25, -0.2) is 0 Å². The Hall–Kier alpha value is -1.63. The van der Waals surface area contributed by atoms with Gasteiger partial charge in [-0.1, -0.05) is 50.5 Å². The van der Waals surface area contributed by atoms with E-state index < -0.39 is 0 Å². The molecule has 0 bridgehead atoms. The van der Waals surface area contributed by atoms with Crippen molar-refractivity contribution in [2.75, 3.05) is 0 Å². The third kappa shape index (κ3) is 4.17. The van der Waals surface area contributed by atoms with Crippen molar-refractivity contribution < 1.29 is 0 Å². The van der Waals surface area contributed by atoms with Crippen LogP contribution in [0.15, 0.2) is 36.5 Å². The number of rotatable bonds is 7. The van der Waals surface area contributed by atoms with Gasteiger partial charge in [-0.15, -0.1) is 0 Å². The molecule has 0 spiro atoms. The molecule has 1 nitrogen and oxygen atoms in total. The second kappa shape index (κ2) is 7.97. The molecule has 1 aromatic carbocycles. The van der Waals surface area contributed by atoms with Gasteiger partial charge < -0.3 is 0 Å². The van der Waals surface area contributed by atoms with E-state index in [1.54, 1.807) is 0 Å². The minimum atomic E-state index is 1.13. The SMILES string of the molecule is CCCCc1cc(C)cc(CCCC)c1-c1ccccn1. The predicted molar refractivity (Wildman–Crippen MR) is 91.6 cm³/mol. The average molecular weight is 281 g/mol. The summed E-state index contributed by atoms with van der Waals surface area (Å²) in [5.74, 6) is 0. The molecule has 1 heterocycles. The largest absolute Gasteiger partial charge is 0.256 e. The number of unbranched alkanes of at least 4 members (excludes halogenated alkanes) is 2. The highest BCUT2D eigenvalue weighted by atomic mass is 14.7. The molecule has 0 aliphatic rings. The first-order chi connectivity index (χ1) is 10.3. The van der Waals surface area contributed by atoms with E-state index >= 15 is 0 Å². The standard InChI is InChI=1S/C20H27N/c1-4-6-10-17-14-16(3)15-18(11-7-5-2)20(17)19-12-8-9-13-21-19/h8-9,12-15H,4-7,10-11H2,1-3H3. The van der Waals surface area contributed by atoms with Gasteiger partial charge in [-0.3, -0.25) is 4.98 Å². The lowest BCUT2D eigenvalue weighted by Gasteiger charge is -2.16. The van der Waals surface area contributed by atoms with Crippen molar-refractivity contribution in [1.82, 2.24) is 4.98 Å². The van der Waals surface area contributed by atoms with Crippen molar-refractivity contribution in [3.05, 3.63) is 53.2 Å². The van der Waals surface area contributed by atoms with E-state index in [2.05, 4.69) is 50.0 Å². The first-order valence-electron chi connectivity index (χ1n) is 8.30. The van der Waals surface area contributed by atoms with Crippen molar-refractivity contribution in [2.45, 2.75) is 59.3 Å². The molecule has 0 amide bonds. The first-order valence-corrected chi connectivity index (χ1v) is 8.30. The van der Waals surface area contributed by atoms with Crippen LogP contribution in [-0.4, -0.2) is 4.98 Å². The maximum atomic E-state index is 4.62. The zero-order chi connectivity index (χ0) is 15.1. The molecule has 0 atom stereocenters. The van der Waals surface area contributed by atoms with Crippen LogP contribution in [0.1, 0.15) is 56.2 Å². The van der Waals surface area contributed by atoms with Crippen LogP contribution in [0.25, 0.3) is 11.3 Å². The van der Waals surface area contributed by atoms with Gasteiger partial charge in [0.25, 0.3) is 0 Å². The molecule has 0 aliphatic heterocycles. The van der Waals surface area contributed by atoms with Crippen molar-refractivity contribution in [3.63, 3.8) is 0 Å². The zero-order valence-corrected chi connectivity index (χ0v) is 13.7. The fourth-order valence-electron chi connectivity index (χ4n) is 2.91. The van der Waals surface area contributed by atoms with Gasteiger partial charge in [0, 0.05) is 11.8 Å². The highest BCUT2D eigenvalue weighted by Gasteiger charge is 2.12. The number of benzene rings is 1. The van der Waals surface area contributed by atoms with Gasteiger partial charge in [-0.05, 0) is 55.9 Å². The predicted octanol–water partition coefficient (Wildman–Crippen LogP) is 5.74. The molecule has 0 N–H and O–H groups in total. The molecule has 0 fully saturated rings. The summed E-state index contributed by atoms with van der Waals surface area (Å²) in [5, 5.41) is 0. The summed E-state index contributed by atoms with van der Waals surface area (Å²) in [4.78, 5) is 4.62. The Kier molecular flexibility index (Phi) is 5.98. The first kappa shape index (κ1) is 15.8. The van der Waals surface area contributed by atoms with Crippen molar-refractivity contribution in [1.29, 1.82) is 0 Å². The minimum Gasteiger partial charge on any atom is -0.256 e. The van der Waals surface area contributed by atoms with Crippen molar-refractivity contribution in [3.8, 4) is 11.3 Å². The van der Waals surface area contributed by atoms with Crippen LogP contribution in [0, 0.1) is 6.92 Å². The third-order valence-electron chi connectivity index (χ3n) is 3.97. The number of aryl methyl sites for hydroxylation is 3. The number of nitrogens with zero attached hydrogens (tertiary/aromatic N) is 1. The Morgan fingerprint density at radius 1 is 0.905 bits per heavy atom. The summed E-state index contributed by atoms with van der Waals surface area (Å²) in [6, 6.07) is 10.9. The Morgan fingerprint density at radius 3 is 2.00 bits per heavy atom. The number of hydrogen-bond acceptors (Lipinski definition) is 1. The van der Waals surface area contributed by atoms with E-state index in [-0.39, 0.29) is 0 Å². The summed E-state index contributed by atoms with van der Waals surface area (Å²) in [6.45, 7) is 6.73. The van der Waals surface area contributed by atoms with E-state index in [1.165, 1.54) is 47.9 Å². The molecule has 0 aliphatic carbocycles. The summed E-state index contributed by atoms with van der Waals surface area (Å²) >= 11 is 0. The molecular formula is C20H27N. The lowest BCUT2D eigenvalue weighted by Crippen LogP contribution is -2.00. The molecule has 2 rings (SSSR count). The summed E-state index contributed by atoms with van der Waals surface area (Å²) < 4.78 is 0. The van der Waals surface area contributed by atoms with Gasteiger partial charge >= 0.3 is 0 Å².